The maximum atomic E-state index is 11.9. The van der Waals surface area contributed by atoms with Crippen molar-refractivity contribution in [3.05, 3.63) is 35.4 Å². The second-order valence-corrected chi connectivity index (χ2v) is 4.32. The summed E-state index contributed by atoms with van der Waals surface area (Å²) in [6.07, 6.45) is 1.28. The second kappa shape index (κ2) is 5.26. The predicted octanol–water partition coefficient (Wildman–Crippen LogP) is 2.66. The van der Waals surface area contributed by atoms with E-state index >= 15 is 0 Å². The molecule has 1 N–H and O–H groups in total. The van der Waals surface area contributed by atoms with Gasteiger partial charge in [-0.2, -0.15) is 0 Å². The number of hydrogen-bond donors (Lipinski definition) is 1. The quantitative estimate of drug-likeness (QED) is 0.828. The molecule has 0 saturated carbocycles. The van der Waals surface area contributed by atoms with E-state index in [-0.39, 0.29) is 5.78 Å². The Morgan fingerprint density at radius 1 is 1.19 bits per heavy atom. The zero-order valence-corrected chi connectivity index (χ0v) is 10.3. The van der Waals surface area contributed by atoms with Crippen LogP contribution in [0.3, 0.4) is 0 Å². The molecule has 0 aromatic heterocycles. The normalized spacial score (nSPS) is 11.5. The topological polar surface area (TPSA) is 37.3 Å². The lowest BCUT2D eigenvalue weighted by Gasteiger charge is -2.23. The number of benzene rings is 1. The third-order valence-electron chi connectivity index (χ3n) is 3.17. The molecule has 88 valence electrons. The van der Waals surface area contributed by atoms with E-state index in [1.807, 2.05) is 45.0 Å². The summed E-state index contributed by atoms with van der Waals surface area (Å²) in [7, 11) is 0. The fraction of sp³-hybridized carbons (Fsp3) is 0.500. The molecule has 1 aromatic carbocycles. The van der Waals surface area contributed by atoms with Crippen molar-refractivity contribution >= 4 is 5.78 Å². The Hall–Kier alpha value is -1.15. The van der Waals surface area contributed by atoms with Gasteiger partial charge in [0.25, 0.3) is 0 Å². The van der Waals surface area contributed by atoms with E-state index in [1.54, 1.807) is 0 Å². The molecule has 0 saturated heterocycles. The van der Waals surface area contributed by atoms with E-state index < -0.39 is 5.60 Å². The van der Waals surface area contributed by atoms with Crippen molar-refractivity contribution in [2.45, 2.75) is 45.6 Å². The van der Waals surface area contributed by atoms with E-state index in [4.69, 9.17) is 0 Å². The lowest BCUT2D eigenvalue weighted by atomic mass is 9.88. The van der Waals surface area contributed by atoms with Crippen LogP contribution in [0.4, 0.5) is 0 Å². The van der Waals surface area contributed by atoms with Crippen LogP contribution in [0.5, 0.6) is 0 Å². The zero-order chi connectivity index (χ0) is 12.2. The Morgan fingerprint density at radius 2 is 1.69 bits per heavy atom. The van der Waals surface area contributed by atoms with Crippen molar-refractivity contribution in [2.75, 3.05) is 0 Å². The number of hydrogen-bond acceptors (Lipinski definition) is 2. The molecule has 0 aliphatic rings. The first-order valence-electron chi connectivity index (χ1n) is 5.83. The Kier molecular flexibility index (Phi) is 4.25. The average Bonchev–Trinajstić information content (AvgIpc) is 2.31. The van der Waals surface area contributed by atoms with Gasteiger partial charge in [0.05, 0.1) is 0 Å². The number of rotatable bonds is 5. The van der Waals surface area contributed by atoms with Crippen molar-refractivity contribution in [1.29, 1.82) is 0 Å². The van der Waals surface area contributed by atoms with Gasteiger partial charge in [0.2, 0.25) is 0 Å². The number of ketones is 1. The third kappa shape index (κ3) is 2.92. The Morgan fingerprint density at radius 3 is 2.12 bits per heavy atom. The molecule has 1 aromatic rings. The predicted molar refractivity (Wildman–Crippen MR) is 65.4 cm³/mol. The first-order valence-corrected chi connectivity index (χ1v) is 5.83. The molecule has 0 atom stereocenters. The molecule has 0 radical (unpaired) electrons. The minimum atomic E-state index is -1.15. The summed E-state index contributed by atoms with van der Waals surface area (Å²) in [5, 5.41) is 10.1. The van der Waals surface area contributed by atoms with Crippen LogP contribution in [0.2, 0.25) is 0 Å². The third-order valence-corrected chi connectivity index (χ3v) is 3.17. The fourth-order valence-corrected chi connectivity index (χ4v) is 1.70. The standard InChI is InChI=1S/C14H20O2/c1-4-14(16,5-2)13(15)10-12-8-6-11(3)7-9-12/h6-9,16H,4-5,10H2,1-3H3. The summed E-state index contributed by atoms with van der Waals surface area (Å²) in [4.78, 5) is 11.9. The van der Waals surface area contributed by atoms with Crippen molar-refractivity contribution in [3.63, 3.8) is 0 Å². The first-order chi connectivity index (χ1) is 7.51. The van der Waals surface area contributed by atoms with Crippen LogP contribution in [0, 0.1) is 6.92 Å². The lowest BCUT2D eigenvalue weighted by Crippen LogP contribution is -2.38. The average molecular weight is 220 g/mol. The molecule has 0 heterocycles. The molecule has 2 nitrogen and oxygen atoms in total. The second-order valence-electron chi connectivity index (χ2n) is 4.32. The van der Waals surface area contributed by atoms with Crippen LogP contribution in [-0.4, -0.2) is 16.5 Å². The van der Waals surface area contributed by atoms with Gasteiger partial charge in [0, 0.05) is 6.42 Å². The van der Waals surface area contributed by atoms with E-state index in [0.717, 1.165) is 5.56 Å². The maximum absolute atomic E-state index is 11.9. The van der Waals surface area contributed by atoms with E-state index in [0.29, 0.717) is 19.3 Å². The highest BCUT2D eigenvalue weighted by Crippen LogP contribution is 2.18. The van der Waals surface area contributed by atoms with Crippen molar-refractivity contribution < 1.29 is 9.90 Å². The zero-order valence-electron chi connectivity index (χ0n) is 10.3. The Balaban J connectivity index is 2.74. The molecular formula is C14H20O2. The minimum absolute atomic E-state index is 0.0821. The summed E-state index contributed by atoms with van der Waals surface area (Å²) in [5.74, 6) is -0.0821. The van der Waals surface area contributed by atoms with Crippen molar-refractivity contribution in [2.24, 2.45) is 0 Å². The molecule has 1 rings (SSSR count). The molecule has 16 heavy (non-hydrogen) atoms. The van der Waals surface area contributed by atoms with E-state index in [9.17, 15) is 9.90 Å². The fourth-order valence-electron chi connectivity index (χ4n) is 1.70. The molecule has 0 bridgehead atoms. The van der Waals surface area contributed by atoms with E-state index in [2.05, 4.69) is 0 Å². The molecule has 0 aliphatic carbocycles. The van der Waals surface area contributed by atoms with Crippen LogP contribution < -0.4 is 0 Å². The molecule has 0 spiro atoms. The van der Waals surface area contributed by atoms with Gasteiger partial charge in [-0.3, -0.25) is 4.79 Å². The van der Waals surface area contributed by atoms with Crippen LogP contribution in [0.25, 0.3) is 0 Å². The van der Waals surface area contributed by atoms with Crippen molar-refractivity contribution in [3.8, 4) is 0 Å². The Labute approximate surface area is 97.3 Å². The van der Waals surface area contributed by atoms with Gasteiger partial charge < -0.3 is 5.11 Å². The minimum Gasteiger partial charge on any atom is -0.382 e. The van der Waals surface area contributed by atoms with Gasteiger partial charge in [-0.25, -0.2) is 0 Å². The molecule has 0 amide bonds. The van der Waals surface area contributed by atoms with Gasteiger partial charge in [0.1, 0.15) is 5.60 Å². The van der Waals surface area contributed by atoms with E-state index in [1.165, 1.54) is 5.56 Å². The molecule has 0 aliphatic heterocycles. The summed E-state index contributed by atoms with van der Waals surface area (Å²) in [6, 6.07) is 7.86. The number of aliphatic hydroxyl groups is 1. The van der Waals surface area contributed by atoms with Gasteiger partial charge >= 0.3 is 0 Å². The number of Topliss-reactive ketones (excluding diaryl/α,β-unsaturated/α-hetero) is 1. The van der Waals surface area contributed by atoms with Crippen molar-refractivity contribution in [1.82, 2.24) is 0 Å². The first kappa shape index (κ1) is 12.9. The van der Waals surface area contributed by atoms with Crippen LogP contribution >= 0.6 is 0 Å². The molecule has 0 unspecified atom stereocenters. The monoisotopic (exact) mass is 220 g/mol. The molecule has 0 fully saturated rings. The number of carbonyl (C=O) groups excluding carboxylic acids is 1. The van der Waals surface area contributed by atoms with Crippen LogP contribution in [0.15, 0.2) is 24.3 Å². The smallest absolute Gasteiger partial charge is 0.168 e. The van der Waals surface area contributed by atoms with Gasteiger partial charge in [-0.1, -0.05) is 43.7 Å². The summed E-state index contributed by atoms with van der Waals surface area (Å²) < 4.78 is 0. The summed E-state index contributed by atoms with van der Waals surface area (Å²) in [5.41, 5.74) is 0.999. The number of carbonyl (C=O) groups is 1. The van der Waals surface area contributed by atoms with Gasteiger partial charge in [0.15, 0.2) is 5.78 Å². The highest BCUT2D eigenvalue weighted by molar-refractivity contribution is 5.88. The highest BCUT2D eigenvalue weighted by atomic mass is 16.3. The van der Waals surface area contributed by atoms with Crippen LogP contribution in [0.1, 0.15) is 37.8 Å². The summed E-state index contributed by atoms with van der Waals surface area (Å²) in [6.45, 7) is 5.70. The molecule has 2 heteroatoms. The summed E-state index contributed by atoms with van der Waals surface area (Å²) >= 11 is 0. The lowest BCUT2D eigenvalue weighted by molar-refractivity contribution is -0.137. The van der Waals surface area contributed by atoms with Gasteiger partial charge in [-0.15, -0.1) is 0 Å². The van der Waals surface area contributed by atoms with Gasteiger partial charge in [-0.05, 0) is 25.3 Å². The maximum Gasteiger partial charge on any atom is 0.168 e. The molecular weight excluding hydrogens is 200 g/mol. The SMILES string of the molecule is CCC(O)(CC)C(=O)Cc1ccc(C)cc1. The Bertz CT molecular complexity index is 348. The van der Waals surface area contributed by atoms with Crippen LogP contribution in [-0.2, 0) is 11.2 Å². The highest BCUT2D eigenvalue weighted by Gasteiger charge is 2.30. The largest absolute Gasteiger partial charge is 0.382 e. The number of aryl methyl sites for hydroxylation is 1.